The fourth-order valence-electron chi connectivity index (χ4n) is 5.27. The Hall–Kier alpha value is -2.39. The molecule has 1 saturated heterocycles. The number of methoxy groups -OCH3 is 1. The summed E-state index contributed by atoms with van der Waals surface area (Å²) < 4.78 is 39.9. The van der Waals surface area contributed by atoms with Crippen molar-refractivity contribution in [2.45, 2.75) is 82.5 Å². The molecule has 1 aromatic carbocycles. The van der Waals surface area contributed by atoms with Crippen molar-refractivity contribution in [1.29, 1.82) is 0 Å². The van der Waals surface area contributed by atoms with Crippen LogP contribution in [-0.4, -0.2) is 55.1 Å². The third-order valence-electron chi connectivity index (χ3n) is 7.04. The van der Waals surface area contributed by atoms with Crippen LogP contribution in [0.3, 0.4) is 0 Å². The van der Waals surface area contributed by atoms with Gasteiger partial charge in [0.25, 0.3) is 0 Å². The van der Waals surface area contributed by atoms with Crippen LogP contribution in [0.15, 0.2) is 35.6 Å². The van der Waals surface area contributed by atoms with E-state index in [1.165, 1.54) is 0 Å². The number of sulfone groups is 1. The Labute approximate surface area is 214 Å². The topological polar surface area (TPSA) is 90.7 Å². The molecule has 1 saturated carbocycles. The summed E-state index contributed by atoms with van der Waals surface area (Å²) in [5.74, 6) is 0.856. The van der Waals surface area contributed by atoms with E-state index in [9.17, 15) is 13.2 Å². The lowest BCUT2D eigenvalue weighted by Crippen LogP contribution is -2.40. The van der Waals surface area contributed by atoms with Gasteiger partial charge in [-0.2, -0.15) is 0 Å². The molecule has 1 aliphatic heterocycles. The molecule has 2 heterocycles. The number of hydrogen-bond donors (Lipinski definition) is 0. The van der Waals surface area contributed by atoms with Gasteiger partial charge in [-0.1, -0.05) is 38.8 Å². The van der Waals surface area contributed by atoms with E-state index in [1.54, 1.807) is 42.1 Å². The highest BCUT2D eigenvalue weighted by Gasteiger charge is 2.32. The number of nitrogens with zero attached hydrogens (tertiary/aromatic N) is 3. The summed E-state index contributed by atoms with van der Waals surface area (Å²) in [6.07, 6.45) is 7.63. The first-order chi connectivity index (χ1) is 17.3. The van der Waals surface area contributed by atoms with Crippen molar-refractivity contribution < 1.29 is 22.7 Å². The number of carbonyl (C=O) groups is 1. The van der Waals surface area contributed by atoms with Crippen molar-refractivity contribution in [1.82, 2.24) is 14.5 Å². The van der Waals surface area contributed by atoms with E-state index in [4.69, 9.17) is 9.47 Å². The zero-order valence-electron chi connectivity index (χ0n) is 21.7. The molecule has 0 N–H and O–H groups in total. The normalized spacial score (nSPS) is 18.7. The summed E-state index contributed by atoms with van der Waals surface area (Å²) in [6.45, 7) is 6.21. The van der Waals surface area contributed by atoms with Crippen molar-refractivity contribution in [2.24, 2.45) is 11.8 Å². The molecular weight excluding hydrogens is 478 g/mol. The van der Waals surface area contributed by atoms with Gasteiger partial charge in [0.15, 0.2) is 0 Å². The van der Waals surface area contributed by atoms with E-state index in [0.29, 0.717) is 30.9 Å². The fourth-order valence-corrected chi connectivity index (χ4v) is 6.75. The number of ether oxygens (including phenoxy) is 2. The van der Waals surface area contributed by atoms with Gasteiger partial charge in [-0.15, -0.1) is 0 Å². The van der Waals surface area contributed by atoms with Crippen LogP contribution in [0.2, 0.25) is 0 Å². The van der Waals surface area contributed by atoms with Gasteiger partial charge >= 0.3 is 0 Å². The molecule has 0 spiro atoms. The molecule has 0 unspecified atom stereocenters. The highest BCUT2D eigenvalue weighted by molar-refractivity contribution is 7.90. The summed E-state index contributed by atoms with van der Waals surface area (Å²) >= 11 is 0. The molecule has 1 atom stereocenters. The Morgan fingerprint density at radius 3 is 2.67 bits per heavy atom. The third-order valence-corrected chi connectivity index (χ3v) is 8.63. The van der Waals surface area contributed by atoms with Crippen molar-refractivity contribution >= 4 is 15.7 Å². The van der Waals surface area contributed by atoms with Crippen LogP contribution >= 0.6 is 0 Å². The SMILES string of the molecule is COc1cccc(CS(=O)(=O)c2ncc(CN(C[C@@H]3CCCO3)C(=O)C3CCCC3)n2CC(C)C)c1. The molecule has 2 aliphatic rings. The highest BCUT2D eigenvalue weighted by atomic mass is 32.2. The van der Waals surface area contributed by atoms with Gasteiger partial charge in [0.1, 0.15) is 5.75 Å². The van der Waals surface area contributed by atoms with Gasteiger partial charge in [-0.05, 0) is 49.3 Å². The third kappa shape index (κ3) is 6.48. The predicted octanol–water partition coefficient (Wildman–Crippen LogP) is 4.22. The number of aromatic nitrogens is 2. The minimum absolute atomic E-state index is 0.0353. The molecule has 1 aliphatic carbocycles. The van der Waals surface area contributed by atoms with E-state index in [1.807, 2.05) is 4.90 Å². The largest absolute Gasteiger partial charge is 0.497 e. The Balaban J connectivity index is 1.62. The molecule has 8 nitrogen and oxygen atoms in total. The number of benzene rings is 1. The number of amides is 1. The van der Waals surface area contributed by atoms with Crippen LogP contribution in [-0.2, 0) is 38.2 Å². The van der Waals surface area contributed by atoms with Crippen LogP contribution in [0.4, 0.5) is 0 Å². The first-order valence-electron chi connectivity index (χ1n) is 13.1. The molecular formula is C27H39N3O5S. The molecule has 0 bridgehead atoms. The number of rotatable bonds is 11. The van der Waals surface area contributed by atoms with Crippen molar-refractivity contribution in [3.63, 3.8) is 0 Å². The van der Waals surface area contributed by atoms with Gasteiger partial charge in [0.2, 0.25) is 20.9 Å². The Morgan fingerprint density at radius 2 is 2.00 bits per heavy atom. The van der Waals surface area contributed by atoms with Gasteiger partial charge in [-0.25, -0.2) is 13.4 Å². The molecule has 198 valence electrons. The minimum Gasteiger partial charge on any atom is -0.497 e. The molecule has 9 heteroatoms. The van der Waals surface area contributed by atoms with E-state index in [0.717, 1.165) is 50.8 Å². The van der Waals surface area contributed by atoms with E-state index >= 15 is 0 Å². The van der Waals surface area contributed by atoms with Crippen LogP contribution in [0.25, 0.3) is 0 Å². The predicted molar refractivity (Wildman–Crippen MR) is 137 cm³/mol. The highest BCUT2D eigenvalue weighted by Crippen LogP contribution is 2.29. The van der Waals surface area contributed by atoms with E-state index in [2.05, 4.69) is 18.8 Å². The van der Waals surface area contributed by atoms with Crippen LogP contribution < -0.4 is 4.74 Å². The second-order valence-electron chi connectivity index (χ2n) is 10.5. The summed E-state index contributed by atoms with van der Waals surface area (Å²) in [5, 5.41) is 0.0550. The zero-order valence-corrected chi connectivity index (χ0v) is 22.5. The van der Waals surface area contributed by atoms with Gasteiger partial charge in [-0.3, -0.25) is 4.79 Å². The monoisotopic (exact) mass is 517 g/mol. The molecule has 2 fully saturated rings. The molecule has 1 amide bonds. The first-order valence-corrected chi connectivity index (χ1v) is 14.7. The average Bonchev–Trinajstić information content (AvgIpc) is 3.61. The Bertz CT molecular complexity index is 1130. The second-order valence-corrected chi connectivity index (χ2v) is 12.4. The van der Waals surface area contributed by atoms with Gasteiger partial charge in [0.05, 0.1) is 37.4 Å². The average molecular weight is 518 g/mol. The van der Waals surface area contributed by atoms with Crippen LogP contribution in [0, 0.1) is 11.8 Å². The number of imidazole rings is 1. The zero-order chi connectivity index (χ0) is 25.7. The van der Waals surface area contributed by atoms with Crippen LogP contribution in [0.5, 0.6) is 5.75 Å². The molecule has 0 radical (unpaired) electrons. The first kappa shape index (κ1) is 26.7. The van der Waals surface area contributed by atoms with E-state index < -0.39 is 9.84 Å². The quantitative estimate of drug-likeness (QED) is 0.443. The van der Waals surface area contributed by atoms with Crippen molar-refractivity contribution in [3.05, 3.63) is 41.7 Å². The molecule has 1 aromatic heterocycles. The summed E-state index contributed by atoms with van der Waals surface area (Å²) in [4.78, 5) is 19.8. The van der Waals surface area contributed by atoms with E-state index in [-0.39, 0.29) is 34.8 Å². The van der Waals surface area contributed by atoms with Gasteiger partial charge in [0, 0.05) is 25.6 Å². The summed E-state index contributed by atoms with van der Waals surface area (Å²) in [6, 6.07) is 7.09. The Kier molecular flexibility index (Phi) is 8.72. The fraction of sp³-hybridized carbons (Fsp3) is 0.630. The van der Waals surface area contributed by atoms with Crippen molar-refractivity contribution in [3.8, 4) is 5.75 Å². The maximum absolute atomic E-state index is 13.5. The maximum Gasteiger partial charge on any atom is 0.228 e. The van der Waals surface area contributed by atoms with Crippen molar-refractivity contribution in [2.75, 3.05) is 20.3 Å². The standard InChI is InChI=1S/C27H39N3O5S/c1-20(2)16-30-23(15-28-27(30)36(32,33)19-21-8-6-11-24(14-21)34-3)17-29(18-25-12-7-13-35-25)26(31)22-9-4-5-10-22/h6,8,11,14-15,20,22,25H,4-5,7,9-10,12-13,16-19H2,1-3H3/t25-/m0/s1. The molecule has 36 heavy (non-hydrogen) atoms. The lowest BCUT2D eigenvalue weighted by Gasteiger charge is -2.28. The number of hydrogen-bond acceptors (Lipinski definition) is 6. The number of carbonyl (C=O) groups excluding carboxylic acids is 1. The summed E-state index contributed by atoms with van der Waals surface area (Å²) in [7, 11) is -2.16. The van der Waals surface area contributed by atoms with Crippen LogP contribution in [0.1, 0.15) is 63.6 Å². The lowest BCUT2D eigenvalue weighted by atomic mass is 10.1. The smallest absolute Gasteiger partial charge is 0.228 e. The minimum atomic E-state index is -3.72. The molecule has 4 rings (SSSR count). The molecule has 2 aromatic rings. The lowest BCUT2D eigenvalue weighted by molar-refractivity contribution is -0.137. The summed E-state index contributed by atoms with van der Waals surface area (Å²) in [5.41, 5.74) is 1.39. The second kappa shape index (κ2) is 11.8. The Morgan fingerprint density at radius 1 is 1.22 bits per heavy atom. The maximum atomic E-state index is 13.5. The van der Waals surface area contributed by atoms with Gasteiger partial charge < -0.3 is 18.9 Å².